The van der Waals surface area contributed by atoms with Crippen LogP contribution in [0, 0.1) is 6.07 Å². The molecule has 38 heavy (non-hydrogen) atoms. The summed E-state index contributed by atoms with van der Waals surface area (Å²) < 4.78 is 3.25. The number of H-pyrrole nitrogens is 1. The standard InChI is InChI=1S/C29H21ClN7O/c30-23-11-12-26(37-19-32-34-35-37)24(17-23)22-13-14-36(28(38)16-22)27(15-20-7-3-1-4-8-20)29-31-18-25(33-29)21-9-5-2-6-10-21/h1,3-14,16-19,27H,15H2,(H,31,33). The summed E-state index contributed by atoms with van der Waals surface area (Å²) in [5.41, 5.74) is 4.88. The van der Waals surface area contributed by atoms with Crippen LogP contribution in [0.1, 0.15) is 17.4 Å². The van der Waals surface area contributed by atoms with Crippen LogP contribution < -0.4 is 5.56 Å². The summed E-state index contributed by atoms with van der Waals surface area (Å²) in [5, 5.41) is 12.0. The highest BCUT2D eigenvalue weighted by molar-refractivity contribution is 6.31. The molecule has 3 aromatic carbocycles. The van der Waals surface area contributed by atoms with E-state index in [1.807, 2.05) is 72.9 Å². The summed E-state index contributed by atoms with van der Waals surface area (Å²) in [6.07, 6.45) is 5.76. The lowest BCUT2D eigenvalue weighted by Crippen LogP contribution is -2.27. The average molecular weight is 519 g/mol. The number of tetrazole rings is 1. The first kappa shape index (κ1) is 23.6. The molecule has 6 aromatic rings. The molecule has 0 saturated carbocycles. The largest absolute Gasteiger partial charge is 0.346 e. The highest BCUT2D eigenvalue weighted by Gasteiger charge is 2.21. The Morgan fingerprint density at radius 1 is 0.974 bits per heavy atom. The Labute approximate surface area is 223 Å². The monoisotopic (exact) mass is 518 g/mol. The Morgan fingerprint density at radius 3 is 2.58 bits per heavy atom. The number of aromatic nitrogens is 7. The van der Waals surface area contributed by atoms with E-state index < -0.39 is 0 Å². The highest BCUT2D eigenvalue weighted by Crippen LogP contribution is 2.29. The summed E-state index contributed by atoms with van der Waals surface area (Å²) in [6.45, 7) is 0. The van der Waals surface area contributed by atoms with Gasteiger partial charge in [0.25, 0.3) is 5.56 Å². The second kappa shape index (κ2) is 10.3. The molecule has 0 aliphatic rings. The van der Waals surface area contributed by atoms with Crippen molar-refractivity contribution in [2.24, 2.45) is 0 Å². The van der Waals surface area contributed by atoms with Crippen LogP contribution in [0.15, 0.2) is 108 Å². The third-order valence-electron chi connectivity index (χ3n) is 6.35. The molecular formula is C29H21ClN7O. The van der Waals surface area contributed by atoms with E-state index in [0.29, 0.717) is 28.5 Å². The Morgan fingerprint density at radius 2 is 1.82 bits per heavy atom. The maximum atomic E-state index is 13.6. The molecule has 185 valence electrons. The predicted octanol–water partition coefficient (Wildman–Crippen LogP) is 5.17. The summed E-state index contributed by atoms with van der Waals surface area (Å²) in [6, 6.07) is 29.3. The van der Waals surface area contributed by atoms with Gasteiger partial charge in [-0.3, -0.25) is 4.79 Å². The summed E-state index contributed by atoms with van der Waals surface area (Å²) in [4.78, 5) is 21.8. The van der Waals surface area contributed by atoms with Gasteiger partial charge in [0.05, 0.1) is 17.4 Å². The molecule has 6 rings (SSSR count). The molecule has 0 spiro atoms. The van der Waals surface area contributed by atoms with Crippen molar-refractivity contribution >= 4 is 11.6 Å². The molecule has 1 radical (unpaired) electrons. The third-order valence-corrected chi connectivity index (χ3v) is 6.58. The van der Waals surface area contributed by atoms with Crippen LogP contribution in [0.25, 0.3) is 28.1 Å². The number of hydrogen-bond acceptors (Lipinski definition) is 5. The SMILES string of the molecule is O=c1cc(-c2cc(Cl)ccc2-n2cnnn2)ccn1C(Cc1ccccc1)c1nc(-c2cc[c]cc2)c[nH]1. The number of pyridine rings is 1. The number of benzene rings is 3. The van der Waals surface area contributed by atoms with E-state index in [1.54, 1.807) is 33.6 Å². The van der Waals surface area contributed by atoms with Crippen molar-refractivity contribution < 1.29 is 0 Å². The van der Waals surface area contributed by atoms with Crippen LogP contribution >= 0.6 is 11.6 Å². The van der Waals surface area contributed by atoms with Gasteiger partial charge in [0, 0.05) is 41.0 Å². The molecule has 9 heteroatoms. The number of aromatic amines is 1. The highest BCUT2D eigenvalue weighted by atomic mass is 35.5. The first-order valence-electron chi connectivity index (χ1n) is 12.0. The Kier molecular flexibility index (Phi) is 6.37. The van der Waals surface area contributed by atoms with E-state index in [4.69, 9.17) is 16.6 Å². The van der Waals surface area contributed by atoms with Crippen LogP contribution in [-0.4, -0.2) is 34.7 Å². The Hall–Kier alpha value is -4.82. The smallest absolute Gasteiger partial charge is 0.251 e. The fourth-order valence-corrected chi connectivity index (χ4v) is 4.67. The third kappa shape index (κ3) is 4.77. The maximum absolute atomic E-state index is 13.6. The van der Waals surface area contributed by atoms with Gasteiger partial charge in [-0.1, -0.05) is 66.2 Å². The van der Waals surface area contributed by atoms with Crippen molar-refractivity contribution in [1.29, 1.82) is 0 Å². The van der Waals surface area contributed by atoms with E-state index in [1.165, 1.54) is 6.33 Å². The molecule has 0 amide bonds. The summed E-state index contributed by atoms with van der Waals surface area (Å²) in [7, 11) is 0. The van der Waals surface area contributed by atoms with Gasteiger partial charge in [-0.05, 0) is 51.9 Å². The summed E-state index contributed by atoms with van der Waals surface area (Å²) in [5.74, 6) is 0.698. The van der Waals surface area contributed by atoms with Gasteiger partial charge < -0.3 is 9.55 Å². The molecule has 1 unspecified atom stereocenters. The molecule has 1 atom stereocenters. The number of halogens is 1. The number of rotatable bonds is 7. The number of imidazole rings is 1. The zero-order chi connectivity index (χ0) is 25.9. The molecule has 8 nitrogen and oxygen atoms in total. The van der Waals surface area contributed by atoms with E-state index in [-0.39, 0.29) is 11.6 Å². The number of nitrogens with zero attached hydrogens (tertiary/aromatic N) is 6. The van der Waals surface area contributed by atoms with Gasteiger partial charge in [0.2, 0.25) is 0 Å². The normalized spacial score (nSPS) is 11.9. The van der Waals surface area contributed by atoms with E-state index in [2.05, 4.69) is 26.6 Å². The summed E-state index contributed by atoms with van der Waals surface area (Å²) >= 11 is 6.31. The topological polar surface area (TPSA) is 94.3 Å². The van der Waals surface area contributed by atoms with Crippen molar-refractivity contribution in [3.05, 3.63) is 136 Å². The Bertz CT molecular complexity index is 1730. The molecule has 3 heterocycles. The van der Waals surface area contributed by atoms with Gasteiger partial charge in [-0.2, -0.15) is 4.68 Å². The van der Waals surface area contributed by atoms with Crippen LogP contribution in [-0.2, 0) is 6.42 Å². The van der Waals surface area contributed by atoms with Gasteiger partial charge in [0.1, 0.15) is 12.2 Å². The van der Waals surface area contributed by atoms with Crippen molar-refractivity contribution in [3.63, 3.8) is 0 Å². The molecule has 0 bridgehead atoms. The molecule has 0 aliphatic heterocycles. The fraction of sp³-hybridized carbons (Fsp3) is 0.0690. The lowest BCUT2D eigenvalue weighted by Gasteiger charge is -2.19. The molecular weight excluding hydrogens is 498 g/mol. The second-order valence-electron chi connectivity index (χ2n) is 8.74. The second-order valence-corrected chi connectivity index (χ2v) is 9.18. The van der Waals surface area contributed by atoms with Crippen LogP contribution in [0.4, 0.5) is 0 Å². The van der Waals surface area contributed by atoms with E-state index in [9.17, 15) is 4.79 Å². The maximum Gasteiger partial charge on any atom is 0.251 e. The molecule has 0 aliphatic carbocycles. The molecule has 3 aromatic heterocycles. The lowest BCUT2D eigenvalue weighted by atomic mass is 10.0. The molecule has 0 saturated heterocycles. The van der Waals surface area contributed by atoms with E-state index in [0.717, 1.165) is 22.4 Å². The first-order valence-corrected chi connectivity index (χ1v) is 12.3. The average Bonchev–Trinajstić information content (AvgIpc) is 3.66. The minimum Gasteiger partial charge on any atom is -0.346 e. The molecule has 0 fully saturated rings. The van der Waals surface area contributed by atoms with Gasteiger partial charge in [-0.15, -0.1) is 5.10 Å². The van der Waals surface area contributed by atoms with Crippen LogP contribution in [0.5, 0.6) is 0 Å². The van der Waals surface area contributed by atoms with Crippen molar-refractivity contribution in [2.75, 3.05) is 0 Å². The van der Waals surface area contributed by atoms with Gasteiger partial charge in [0.15, 0.2) is 0 Å². The minimum absolute atomic E-state index is 0.168. The zero-order valence-corrected chi connectivity index (χ0v) is 20.8. The van der Waals surface area contributed by atoms with Crippen LogP contribution in [0.2, 0.25) is 5.02 Å². The van der Waals surface area contributed by atoms with E-state index >= 15 is 0 Å². The van der Waals surface area contributed by atoms with Crippen molar-refractivity contribution in [1.82, 2.24) is 34.7 Å². The number of nitrogens with one attached hydrogen (secondary N) is 1. The predicted molar refractivity (Wildman–Crippen MR) is 145 cm³/mol. The van der Waals surface area contributed by atoms with Crippen LogP contribution in [0.3, 0.4) is 0 Å². The molecule has 1 N–H and O–H groups in total. The van der Waals surface area contributed by atoms with Gasteiger partial charge >= 0.3 is 0 Å². The number of hydrogen-bond donors (Lipinski definition) is 1. The quantitative estimate of drug-likeness (QED) is 0.315. The fourth-order valence-electron chi connectivity index (χ4n) is 4.50. The Balaban J connectivity index is 1.42. The lowest BCUT2D eigenvalue weighted by molar-refractivity contribution is 0.537. The van der Waals surface area contributed by atoms with Crippen molar-refractivity contribution in [3.8, 4) is 28.1 Å². The minimum atomic E-state index is -0.346. The zero-order valence-electron chi connectivity index (χ0n) is 20.1. The van der Waals surface area contributed by atoms with Gasteiger partial charge in [-0.25, -0.2) is 4.98 Å². The first-order chi connectivity index (χ1) is 18.7. The van der Waals surface area contributed by atoms with Crippen molar-refractivity contribution in [2.45, 2.75) is 12.5 Å².